The van der Waals surface area contributed by atoms with Gasteiger partial charge in [0.25, 0.3) is 8.32 Å². The SMILES string of the molecule is CCCC(=O)OC[C@H](OCCO[Si](c1ccccc1)(c1ccccc1)C(C)(C)C)c1cc(F)ccc1C. The summed E-state index contributed by atoms with van der Waals surface area (Å²) < 4.78 is 32.7. The summed E-state index contributed by atoms with van der Waals surface area (Å²) in [5.74, 6) is -0.633. The second-order valence-corrected chi connectivity index (χ2v) is 14.6. The predicted molar refractivity (Wildman–Crippen MR) is 149 cm³/mol. The van der Waals surface area contributed by atoms with E-state index in [1.807, 2.05) is 26.0 Å². The van der Waals surface area contributed by atoms with E-state index in [0.717, 1.165) is 5.56 Å². The molecule has 0 spiro atoms. The average Bonchev–Trinajstić information content (AvgIpc) is 2.88. The number of benzene rings is 3. The fourth-order valence-corrected chi connectivity index (χ4v) is 9.32. The lowest BCUT2D eigenvalue weighted by Gasteiger charge is -2.43. The minimum atomic E-state index is -2.69. The lowest BCUT2D eigenvalue weighted by molar-refractivity contribution is -0.148. The van der Waals surface area contributed by atoms with Crippen LogP contribution in [0, 0.1) is 12.7 Å². The van der Waals surface area contributed by atoms with E-state index in [1.165, 1.54) is 22.5 Å². The molecule has 0 fully saturated rings. The van der Waals surface area contributed by atoms with Gasteiger partial charge in [-0.15, -0.1) is 0 Å². The van der Waals surface area contributed by atoms with E-state index >= 15 is 0 Å². The molecule has 0 aliphatic rings. The Morgan fingerprint density at radius 3 is 2.05 bits per heavy atom. The lowest BCUT2D eigenvalue weighted by Crippen LogP contribution is -2.66. The van der Waals surface area contributed by atoms with Gasteiger partial charge in [-0.1, -0.05) is 94.4 Å². The van der Waals surface area contributed by atoms with Gasteiger partial charge in [-0.2, -0.15) is 0 Å². The first kappa shape index (κ1) is 28.8. The molecule has 3 aromatic rings. The maximum absolute atomic E-state index is 14.1. The molecule has 37 heavy (non-hydrogen) atoms. The molecule has 3 rings (SSSR count). The van der Waals surface area contributed by atoms with Crippen LogP contribution in [0.4, 0.5) is 4.39 Å². The van der Waals surface area contributed by atoms with Gasteiger partial charge in [-0.3, -0.25) is 4.79 Å². The van der Waals surface area contributed by atoms with E-state index in [4.69, 9.17) is 13.9 Å². The predicted octanol–water partition coefficient (Wildman–Crippen LogP) is 6.11. The van der Waals surface area contributed by atoms with Crippen LogP contribution in [-0.2, 0) is 18.7 Å². The normalized spacial score (nSPS) is 12.8. The van der Waals surface area contributed by atoms with E-state index < -0.39 is 14.4 Å². The molecule has 0 saturated carbocycles. The van der Waals surface area contributed by atoms with Gasteiger partial charge in [0.15, 0.2) is 0 Å². The van der Waals surface area contributed by atoms with Gasteiger partial charge in [-0.05, 0) is 52.0 Å². The highest BCUT2D eigenvalue weighted by atomic mass is 28.4. The first-order chi connectivity index (χ1) is 17.7. The fourth-order valence-electron chi connectivity index (χ4n) is 4.78. The van der Waals surface area contributed by atoms with E-state index in [0.29, 0.717) is 25.0 Å². The number of hydrogen-bond acceptors (Lipinski definition) is 4. The van der Waals surface area contributed by atoms with Crippen LogP contribution in [0.25, 0.3) is 0 Å². The highest BCUT2D eigenvalue weighted by molar-refractivity contribution is 6.99. The molecule has 0 aromatic heterocycles. The maximum Gasteiger partial charge on any atom is 0.305 e. The first-order valence-electron chi connectivity index (χ1n) is 13.0. The Morgan fingerprint density at radius 1 is 0.919 bits per heavy atom. The summed E-state index contributed by atoms with van der Waals surface area (Å²) in [6.07, 6.45) is 0.459. The molecule has 0 unspecified atom stereocenters. The van der Waals surface area contributed by atoms with Crippen LogP contribution in [0.3, 0.4) is 0 Å². The van der Waals surface area contributed by atoms with Gasteiger partial charge >= 0.3 is 5.97 Å². The molecule has 198 valence electrons. The summed E-state index contributed by atoms with van der Waals surface area (Å²) in [6, 6.07) is 25.5. The molecule has 0 aliphatic heterocycles. The minimum Gasteiger partial charge on any atom is -0.463 e. The fraction of sp³-hybridized carbons (Fsp3) is 0.387. The molecule has 0 N–H and O–H groups in total. The van der Waals surface area contributed by atoms with Crippen LogP contribution >= 0.6 is 0 Å². The molecule has 0 bridgehead atoms. The Kier molecular flexibility index (Phi) is 10.2. The van der Waals surface area contributed by atoms with Gasteiger partial charge in [0.05, 0.1) is 13.2 Å². The number of ether oxygens (including phenoxy) is 2. The van der Waals surface area contributed by atoms with Gasteiger partial charge < -0.3 is 13.9 Å². The number of aryl methyl sites for hydroxylation is 1. The zero-order valence-electron chi connectivity index (χ0n) is 22.6. The topological polar surface area (TPSA) is 44.8 Å². The Balaban J connectivity index is 1.84. The zero-order valence-corrected chi connectivity index (χ0v) is 23.6. The standard InChI is InChI=1S/C31H39FO4Si/c1-6-13-30(33)35-23-29(28-22-25(32)19-18-24(28)2)34-20-21-36-37(31(3,4)5,26-14-9-7-10-15-26)27-16-11-8-12-17-27/h7-12,14-19,22,29H,6,13,20-21,23H2,1-5H3/t29-/m0/s1. The highest BCUT2D eigenvalue weighted by Crippen LogP contribution is 2.36. The van der Waals surface area contributed by atoms with Crippen molar-refractivity contribution < 1.29 is 23.1 Å². The quantitative estimate of drug-likeness (QED) is 0.164. The van der Waals surface area contributed by atoms with Crippen molar-refractivity contribution in [1.82, 2.24) is 0 Å². The summed E-state index contributed by atoms with van der Waals surface area (Å²) in [5, 5.41) is 2.24. The van der Waals surface area contributed by atoms with E-state index in [9.17, 15) is 9.18 Å². The maximum atomic E-state index is 14.1. The van der Waals surface area contributed by atoms with Crippen LogP contribution in [0.2, 0.25) is 5.04 Å². The van der Waals surface area contributed by atoms with Crippen molar-refractivity contribution in [1.29, 1.82) is 0 Å². The number of halogens is 1. The van der Waals surface area contributed by atoms with Gasteiger partial charge in [-0.25, -0.2) is 4.39 Å². The smallest absolute Gasteiger partial charge is 0.305 e. The Hall–Kier alpha value is -2.80. The Labute approximate surface area is 221 Å². The van der Waals surface area contributed by atoms with Crippen molar-refractivity contribution in [3.63, 3.8) is 0 Å². The number of esters is 1. The third-order valence-electron chi connectivity index (χ3n) is 6.58. The highest BCUT2D eigenvalue weighted by Gasteiger charge is 2.50. The summed E-state index contributed by atoms with van der Waals surface area (Å²) in [5.41, 5.74) is 1.56. The van der Waals surface area contributed by atoms with Crippen molar-refractivity contribution in [2.45, 2.75) is 58.6 Å². The molecule has 4 nitrogen and oxygen atoms in total. The number of hydrogen-bond donors (Lipinski definition) is 0. The van der Waals surface area contributed by atoms with Crippen molar-refractivity contribution >= 4 is 24.7 Å². The number of rotatable bonds is 12. The molecule has 0 heterocycles. The summed E-state index contributed by atoms with van der Waals surface area (Å²) in [7, 11) is -2.69. The molecule has 0 amide bonds. The lowest BCUT2D eigenvalue weighted by atomic mass is 10.0. The van der Waals surface area contributed by atoms with Gasteiger partial charge in [0.2, 0.25) is 0 Å². The molecular formula is C31H39FO4Si. The summed E-state index contributed by atoms with van der Waals surface area (Å²) in [6.45, 7) is 11.2. The van der Waals surface area contributed by atoms with Crippen LogP contribution in [0.5, 0.6) is 0 Å². The molecule has 0 radical (unpaired) electrons. The van der Waals surface area contributed by atoms with Gasteiger partial charge in [0.1, 0.15) is 18.5 Å². The second-order valence-electron chi connectivity index (χ2n) is 10.3. The van der Waals surface area contributed by atoms with E-state index in [-0.39, 0.29) is 30.0 Å². The van der Waals surface area contributed by atoms with E-state index in [2.05, 4.69) is 69.3 Å². The van der Waals surface area contributed by atoms with Crippen molar-refractivity contribution in [3.05, 3.63) is 95.8 Å². The first-order valence-corrected chi connectivity index (χ1v) is 14.9. The molecule has 0 saturated heterocycles. The number of carbonyl (C=O) groups is 1. The Morgan fingerprint density at radius 2 is 1.51 bits per heavy atom. The molecule has 3 aromatic carbocycles. The summed E-state index contributed by atoms with van der Waals surface area (Å²) in [4.78, 5) is 12.0. The molecular weight excluding hydrogens is 483 g/mol. The molecule has 1 atom stereocenters. The van der Waals surface area contributed by atoms with Crippen molar-refractivity contribution in [2.24, 2.45) is 0 Å². The van der Waals surface area contributed by atoms with Crippen LogP contribution in [0.15, 0.2) is 78.9 Å². The second kappa shape index (κ2) is 13.1. The monoisotopic (exact) mass is 522 g/mol. The third kappa shape index (κ3) is 7.16. The van der Waals surface area contributed by atoms with E-state index in [1.54, 1.807) is 6.07 Å². The van der Waals surface area contributed by atoms with Crippen LogP contribution in [0.1, 0.15) is 57.8 Å². The van der Waals surface area contributed by atoms with Gasteiger partial charge in [0, 0.05) is 6.42 Å². The molecule has 0 aliphatic carbocycles. The molecule has 6 heteroatoms. The van der Waals surface area contributed by atoms with Crippen LogP contribution < -0.4 is 10.4 Å². The average molecular weight is 523 g/mol. The van der Waals surface area contributed by atoms with Crippen LogP contribution in [-0.4, -0.2) is 34.1 Å². The Bertz CT molecular complexity index is 1090. The number of carbonyl (C=O) groups excluding carboxylic acids is 1. The largest absolute Gasteiger partial charge is 0.463 e. The van der Waals surface area contributed by atoms with Crippen molar-refractivity contribution in [3.8, 4) is 0 Å². The minimum absolute atomic E-state index is 0.0301. The van der Waals surface area contributed by atoms with Crippen molar-refractivity contribution in [2.75, 3.05) is 19.8 Å². The zero-order chi connectivity index (χ0) is 26.9. The third-order valence-corrected chi connectivity index (χ3v) is 11.6. The summed E-state index contributed by atoms with van der Waals surface area (Å²) >= 11 is 0.